The maximum absolute atomic E-state index is 10.0. The molecule has 1 atom stereocenters. The van der Waals surface area contributed by atoms with Gasteiger partial charge in [0.05, 0.1) is 18.4 Å². The first-order valence-electron chi connectivity index (χ1n) is 6.33. The molecule has 0 saturated carbocycles. The zero-order valence-electron chi connectivity index (χ0n) is 10.6. The van der Waals surface area contributed by atoms with Crippen LogP contribution in [0.1, 0.15) is 20.3 Å². The van der Waals surface area contributed by atoms with Crippen LogP contribution in [-0.2, 0) is 0 Å². The van der Waals surface area contributed by atoms with Crippen molar-refractivity contribution in [2.24, 2.45) is 5.92 Å². The highest BCUT2D eigenvalue weighted by atomic mass is 16.5. The number of benzene rings is 1. The lowest BCUT2D eigenvalue weighted by molar-refractivity contribution is 0.131. The van der Waals surface area contributed by atoms with Gasteiger partial charge >= 0.3 is 0 Å². The van der Waals surface area contributed by atoms with Gasteiger partial charge in [0.15, 0.2) is 0 Å². The fraction of sp³-hybridized carbons (Fsp3) is 0.571. The van der Waals surface area contributed by atoms with Crippen molar-refractivity contribution in [3.05, 3.63) is 24.3 Å². The molecule has 0 saturated heterocycles. The van der Waals surface area contributed by atoms with Crippen LogP contribution in [-0.4, -0.2) is 30.9 Å². The highest BCUT2D eigenvalue weighted by Crippen LogP contribution is 2.30. The molecule has 0 fully saturated rings. The number of aliphatic hydroxyl groups is 1. The van der Waals surface area contributed by atoms with E-state index in [1.807, 2.05) is 32.0 Å². The quantitative estimate of drug-likeness (QED) is 0.872. The molecular formula is C14H21NO2. The van der Waals surface area contributed by atoms with Gasteiger partial charge in [0.1, 0.15) is 5.75 Å². The van der Waals surface area contributed by atoms with Crippen LogP contribution in [0, 0.1) is 5.92 Å². The summed E-state index contributed by atoms with van der Waals surface area (Å²) in [6.45, 7) is 6.47. The Kier molecular flexibility index (Phi) is 3.89. The Morgan fingerprint density at radius 1 is 1.35 bits per heavy atom. The van der Waals surface area contributed by atoms with Crippen molar-refractivity contribution in [3.63, 3.8) is 0 Å². The lowest BCUT2D eigenvalue weighted by Gasteiger charge is -2.27. The first-order chi connectivity index (χ1) is 8.18. The van der Waals surface area contributed by atoms with Crippen molar-refractivity contribution in [2.75, 3.05) is 24.6 Å². The fourth-order valence-electron chi connectivity index (χ4n) is 2.02. The van der Waals surface area contributed by atoms with Gasteiger partial charge in [-0.1, -0.05) is 26.0 Å². The summed E-state index contributed by atoms with van der Waals surface area (Å²) in [7, 11) is 0. The van der Waals surface area contributed by atoms with E-state index in [-0.39, 0.29) is 12.0 Å². The zero-order valence-corrected chi connectivity index (χ0v) is 10.6. The molecule has 3 heteroatoms. The normalized spacial score (nSPS) is 17.3. The van der Waals surface area contributed by atoms with Crippen LogP contribution in [0.15, 0.2) is 24.3 Å². The monoisotopic (exact) mass is 235 g/mol. The molecule has 94 valence electrons. The standard InChI is InChI=1S/C14H21NO2/c1-11(2)13(16)10-15-8-5-9-17-14-7-4-3-6-12(14)15/h3-4,6-7,11,13,16H,5,8-10H2,1-2H3. The first kappa shape index (κ1) is 12.2. The van der Waals surface area contributed by atoms with E-state index in [2.05, 4.69) is 11.0 Å². The largest absolute Gasteiger partial charge is 0.491 e. The summed E-state index contributed by atoms with van der Waals surface area (Å²) in [6.07, 6.45) is 0.709. The molecule has 17 heavy (non-hydrogen) atoms. The summed E-state index contributed by atoms with van der Waals surface area (Å²) in [6, 6.07) is 8.06. The van der Waals surface area contributed by atoms with Crippen molar-refractivity contribution >= 4 is 5.69 Å². The minimum Gasteiger partial charge on any atom is -0.491 e. The molecule has 0 radical (unpaired) electrons. The summed E-state index contributed by atoms with van der Waals surface area (Å²) < 4.78 is 5.70. The van der Waals surface area contributed by atoms with E-state index in [1.54, 1.807) is 0 Å². The zero-order chi connectivity index (χ0) is 12.3. The minimum absolute atomic E-state index is 0.284. The molecule has 1 N–H and O–H groups in total. The Hall–Kier alpha value is -1.22. The van der Waals surface area contributed by atoms with Gasteiger partial charge in [0, 0.05) is 13.1 Å². The Balaban J connectivity index is 2.17. The highest BCUT2D eigenvalue weighted by molar-refractivity contribution is 5.59. The predicted molar refractivity (Wildman–Crippen MR) is 69.6 cm³/mol. The topological polar surface area (TPSA) is 32.7 Å². The molecule has 2 rings (SSSR count). The number of hydrogen-bond acceptors (Lipinski definition) is 3. The van der Waals surface area contributed by atoms with E-state index in [0.29, 0.717) is 6.54 Å². The molecule has 3 nitrogen and oxygen atoms in total. The van der Waals surface area contributed by atoms with Gasteiger partial charge in [-0.2, -0.15) is 0 Å². The van der Waals surface area contributed by atoms with Gasteiger partial charge in [0.25, 0.3) is 0 Å². The average molecular weight is 235 g/mol. The van der Waals surface area contributed by atoms with Gasteiger partial charge in [0.2, 0.25) is 0 Å². The number of anilines is 1. The van der Waals surface area contributed by atoms with Crippen LogP contribution >= 0.6 is 0 Å². The van der Waals surface area contributed by atoms with E-state index in [1.165, 1.54) is 0 Å². The second-order valence-corrected chi connectivity index (χ2v) is 4.93. The molecule has 1 aromatic rings. The number of ether oxygens (including phenoxy) is 1. The molecular weight excluding hydrogens is 214 g/mol. The van der Waals surface area contributed by atoms with Crippen LogP contribution < -0.4 is 9.64 Å². The summed E-state index contributed by atoms with van der Waals surface area (Å²) in [4.78, 5) is 2.23. The third kappa shape index (κ3) is 2.91. The maximum Gasteiger partial charge on any atom is 0.142 e. The number of nitrogens with zero attached hydrogens (tertiary/aromatic N) is 1. The van der Waals surface area contributed by atoms with Gasteiger partial charge in [-0.05, 0) is 24.5 Å². The Morgan fingerprint density at radius 3 is 2.88 bits per heavy atom. The van der Waals surface area contributed by atoms with Gasteiger partial charge in [-0.3, -0.25) is 0 Å². The smallest absolute Gasteiger partial charge is 0.142 e. The van der Waals surface area contributed by atoms with E-state index >= 15 is 0 Å². The molecule has 0 spiro atoms. The molecule has 1 unspecified atom stereocenters. The van der Waals surface area contributed by atoms with Crippen LogP contribution in [0.2, 0.25) is 0 Å². The summed E-state index contributed by atoms with van der Waals surface area (Å²) in [5.41, 5.74) is 1.10. The molecule has 1 aromatic carbocycles. The Bertz CT molecular complexity index is 365. The highest BCUT2D eigenvalue weighted by Gasteiger charge is 2.19. The lowest BCUT2D eigenvalue weighted by Crippen LogP contribution is -2.35. The number of para-hydroxylation sites is 2. The molecule has 0 aliphatic carbocycles. The van der Waals surface area contributed by atoms with Crippen molar-refractivity contribution < 1.29 is 9.84 Å². The molecule has 0 bridgehead atoms. The third-order valence-electron chi connectivity index (χ3n) is 3.21. The lowest BCUT2D eigenvalue weighted by atomic mass is 10.1. The van der Waals surface area contributed by atoms with Gasteiger partial charge in [-0.25, -0.2) is 0 Å². The third-order valence-corrected chi connectivity index (χ3v) is 3.21. The summed E-state index contributed by atoms with van der Waals surface area (Å²) in [5.74, 6) is 1.22. The summed E-state index contributed by atoms with van der Waals surface area (Å²) in [5, 5.41) is 10.0. The maximum atomic E-state index is 10.0. The van der Waals surface area contributed by atoms with E-state index in [4.69, 9.17) is 4.74 Å². The number of aliphatic hydroxyl groups excluding tert-OH is 1. The van der Waals surface area contributed by atoms with Crippen LogP contribution in [0.4, 0.5) is 5.69 Å². The SMILES string of the molecule is CC(C)C(O)CN1CCCOc2ccccc21. The number of β-amino-alcohol motifs (C(OH)–C–C–N with tert-alkyl or cyclic N) is 1. The van der Waals surface area contributed by atoms with Crippen molar-refractivity contribution in [2.45, 2.75) is 26.4 Å². The molecule has 1 heterocycles. The van der Waals surface area contributed by atoms with Gasteiger partial charge in [-0.15, -0.1) is 0 Å². The second kappa shape index (κ2) is 5.41. The van der Waals surface area contributed by atoms with Crippen LogP contribution in [0.3, 0.4) is 0 Å². The van der Waals surface area contributed by atoms with Crippen LogP contribution in [0.25, 0.3) is 0 Å². The molecule has 1 aliphatic heterocycles. The number of fused-ring (bicyclic) bond motifs is 1. The van der Waals surface area contributed by atoms with E-state index in [0.717, 1.165) is 31.0 Å². The van der Waals surface area contributed by atoms with E-state index < -0.39 is 0 Å². The number of rotatable bonds is 3. The molecule has 1 aliphatic rings. The van der Waals surface area contributed by atoms with E-state index in [9.17, 15) is 5.11 Å². The molecule has 0 amide bonds. The second-order valence-electron chi connectivity index (χ2n) is 4.93. The van der Waals surface area contributed by atoms with Gasteiger partial charge < -0.3 is 14.7 Å². The average Bonchev–Trinajstić information content (AvgIpc) is 2.52. The Labute approximate surface area is 103 Å². The van der Waals surface area contributed by atoms with Crippen molar-refractivity contribution in [1.82, 2.24) is 0 Å². The summed E-state index contributed by atoms with van der Waals surface area (Å²) >= 11 is 0. The van der Waals surface area contributed by atoms with Crippen molar-refractivity contribution in [3.8, 4) is 5.75 Å². The molecule has 0 aromatic heterocycles. The van der Waals surface area contributed by atoms with Crippen molar-refractivity contribution in [1.29, 1.82) is 0 Å². The van der Waals surface area contributed by atoms with Crippen LogP contribution in [0.5, 0.6) is 5.75 Å². The predicted octanol–water partition coefficient (Wildman–Crippen LogP) is 2.29. The first-order valence-corrected chi connectivity index (χ1v) is 6.33. The number of hydrogen-bond donors (Lipinski definition) is 1. The fourth-order valence-corrected chi connectivity index (χ4v) is 2.02. The Morgan fingerprint density at radius 2 is 2.12 bits per heavy atom. The minimum atomic E-state index is -0.291.